The van der Waals surface area contributed by atoms with Gasteiger partial charge in [-0.2, -0.15) is 0 Å². The van der Waals surface area contributed by atoms with Crippen LogP contribution in [0.5, 0.6) is 0 Å². The lowest BCUT2D eigenvalue weighted by Crippen LogP contribution is -2.35. The molecule has 0 amide bonds. The summed E-state index contributed by atoms with van der Waals surface area (Å²) in [6.45, 7) is -9.37. The Labute approximate surface area is 261 Å². The van der Waals surface area contributed by atoms with Gasteiger partial charge in [0.25, 0.3) is 5.56 Å². The average molecular weight is 707 g/mol. The number of thiol groups is 2. The van der Waals surface area contributed by atoms with E-state index in [4.69, 9.17) is 28.6 Å². The van der Waals surface area contributed by atoms with Crippen LogP contribution in [0.2, 0.25) is 0 Å². The highest BCUT2D eigenvalue weighted by molar-refractivity contribution is 8.44. The first kappa shape index (κ1) is 30.6. The number of fused-ring (bicyclic) bond motifs is 5. The fourth-order valence-corrected chi connectivity index (χ4v) is 9.95. The van der Waals surface area contributed by atoms with Gasteiger partial charge in [0, 0.05) is 24.7 Å². The van der Waals surface area contributed by atoms with Gasteiger partial charge >= 0.3 is 13.6 Å². The molecular formula is C21H24N8O10P2S3. The van der Waals surface area contributed by atoms with Crippen molar-refractivity contribution < 1.29 is 42.2 Å². The van der Waals surface area contributed by atoms with Crippen molar-refractivity contribution in [1.29, 1.82) is 0 Å². The average Bonchev–Trinajstić information content (AvgIpc) is 3.75. The van der Waals surface area contributed by atoms with Gasteiger partial charge in [-0.3, -0.25) is 36.4 Å². The van der Waals surface area contributed by atoms with E-state index in [2.05, 4.69) is 44.4 Å². The summed E-state index contributed by atoms with van der Waals surface area (Å²) in [5, 5.41) is 20.9. The summed E-state index contributed by atoms with van der Waals surface area (Å²) in [4.78, 5) is 28.8. The third-order valence-corrected chi connectivity index (χ3v) is 12.1. The summed E-state index contributed by atoms with van der Waals surface area (Å²) in [7, 11) is 0. The monoisotopic (exact) mass is 706 g/mol. The number of nitrogens with two attached hydrogens (primary N) is 1. The number of hydrogen-bond donors (Lipinski definition) is 5. The molecule has 44 heavy (non-hydrogen) atoms. The zero-order valence-corrected chi connectivity index (χ0v) is 26.5. The molecule has 3 aliphatic heterocycles. The Morgan fingerprint density at radius 3 is 2.52 bits per heavy atom. The lowest BCUT2D eigenvalue weighted by atomic mass is 10.1. The number of anilines is 1. The maximum atomic E-state index is 13.6. The van der Waals surface area contributed by atoms with Crippen molar-refractivity contribution in [2.24, 2.45) is 0 Å². The van der Waals surface area contributed by atoms with Gasteiger partial charge in [0.2, 0.25) is 5.78 Å². The maximum Gasteiger partial charge on any atom is 0.386 e. The van der Waals surface area contributed by atoms with Crippen molar-refractivity contribution in [3.8, 4) is 0 Å². The predicted molar refractivity (Wildman–Crippen MR) is 160 cm³/mol. The molecule has 3 aliphatic rings. The van der Waals surface area contributed by atoms with Gasteiger partial charge in [-0.05, 0) is 0 Å². The first-order chi connectivity index (χ1) is 20.9. The lowest BCUT2D eigenvalue weighted by molar-refractivity contribution is -0.0506. The molecule has 23 heteroatoms. The summed E-state index contributed by atoms with van der Waals surface area (Å²) in [6, 6.07) is 1.25. The highest BCUT2D eigenvalue weighted by Gasteiger charge is 2.53. The maximum absolute atomic E-state index is 13.6. The molecule has 4 aromatic heterocycles. The number of thioether (sulfide) groups is 1. The second-order valence-electron chi connectivity index (χ2n) is 10.0. The molecule has 3 fully saturated rings. The number of aliphatic hydroxyl groups excluding tert-OH is 2. The number of imidazole rings is 2. The Morgan fingerprint density at radius 1 is 0.977 bits per heavy atom. The van der Waals surface area contributed by atoms with Crippen LogP contribution < -0.4 is 11.3 Å². The minimum atomic E-state index is -4.26. The molecule has 7 rings (SSSR count). The van der Waals surface area contributed by atoms with Crippen LogP contribution in [0.25, 0.3) is 16.9 Å². The van der Waals surface area contributed by atoms with Gasteiger partial charge in [0.15, 0.2) is 17.7 Å². The van der Waals surface area contributed by atoms with Crippen LogP contribution in [0.1, 0.15) is 11.6 Å². The molecule has 2 bridgehead atoms. The minimum Gasteiger partial charge on any atom is -0.387 e. The summed E-state index contributed by atoms with van der Waals surface area (Å²) < 4.78 is 59.9. The van der Waals surface area contributed by atoms with Crippen molar-refractivity contribution in [3.63, 3.8) is 0 Å². The van der Waals surface area contributed by atoms with Crippen molar-refractivity contribution in [3.05, 3.63) is 47.7 Å². The Bertz CT molecular complexity index is 1890. The van der Waals surface area contributed by atoms with Crippen molar-refractivity contribution in [2.45, 2.75) is 47.4 Å². The van der Waals surface area contributed by atoms with Crippen LogP contribution in [-0.2, 0) is 32.0 Å². The van der Waals surface area contributed by atoms with E-state index in [9.17, 15) is 24.1 Å². The number of aromatic nitrogens is 7. The van der Waals surface area contributed by atoms with Gasteiger partial charge < -0.3 is 20.7 Å². The van der Waals surface area contributed by atoms with Crippen LogP contribution >= 0.6 is 49.9 Å². The Balaban J connectivity index is 1.21. The van der Waals surface area contributed by atoms with E-state index in [-0.39, 0.29) is 23.8 Å². The fourth-order valence-electron chi connectivity index (χ4n) is 5.32. The summed E-state index contributed by atoms with van der Waals surface area (Å²) >= 11 is 9.39. The van der Waals surface area contributed by atoms with E-state index in [1.807, 2.05) is 0 Å². The number of rotatable bonds is 2. The Morgan fingerprint density at radius 2 is 1.73 bits per heavy atom. The van der Waals surface area contributed by atoms with E-state index in [1.54, 1.807) is 4.57 Å². The lowest BCUT2D eigenvalue weighted by Gasteiger charge is -2.27. The molecule has 0 aliphatic carbocycles. The van der Waals surface area contributed by atoms with Gasteiger partial charge in [-0.25, -0.2) is 29.1 Å². The number of ether oxygens (including phenoxy) is 1. The molecule has 236 valence electrons. The molecule has 4 N–H and O–H groups in total. The van der Waals surface area contributed by atoms with Crippen LogP contribution in [0.4, 0.5) is 5.82 Å². The number of nitrogens with zero attached hydrogens (tertiary/aromatic N) is 7. The second-order valence-corrected chi connectivity index (χ2v) is 17.1. The van der Waals surface area contributed by atoms with Gasteiger partial charge in [-0.1, -0.05) is 24.5 Å². The second kappa shape index (κ2) is 11.4. The normalized spacial score (nSPS) is 38.3. The smallest absolute Gasteiger partial charge is 0.386 e. The molecule has 7 heterocycles. The third kappa shape index (κ3) is 5.41. The van der Waals surface area contributed by atoms with E-state index < -0.39 is 67.6 Å². The van der Waals surface area contributed by atoms with E-state index in [0.29, 0.717) is 11.2 Å². The molecule has 0 saturated carbocycles. The minimum absolute atomic E-state index is 0.141. The number of hydrogen-bond acceptors (Lipinski definition) is 16. The molecule has 18 nitrogen and oxygen atoms in total. The van der Waals surface area contributed by atoms with Crippen molar-refractivity contribution in [1.82, 2.24) is 33.5 Å². The van der Waals surface area contributed by atoms with Crippen LogP contribution in [0.15, 0.2) is 42.1 Å². The fraction of sp³-hybridized carbons (Fsp3) is 0.476. The predicted octanol–water partition coefficient (Wildman–Crippen LogP) is 1.04. The molecule has 4 aromatic rings. The number of aliphatic hydroxyl groups is 2. The molecule has 0 spiro atoms. The molecule has 0 radical (unpaired) electrons. The Kier molecular flexibility index (Phi) is 7.91. The van der Waals surface area contributed by atoms with E-state index >= 15 is 0 Å². The topological polar surface area (TPSA) is 230 Å². The van der Waals surface area contributed by atoms with E-state index in [0.717, 1.165) is 11.8 Å². The zero-order chi connectivity index (χ0) is 31.0. The van der Waals surface area contributed by atoms with Crippen LogP contribution in [0.3, 0.4) is 0 Å². The van der Waals surface area contributed by atoms with E-state index in [1.165, 1.54) is 46.3 Å². The number of nitrogen functional groups attached to an aromatic ring is 1. The highest BCUT2D eigenvalue weighted by Crippen LogP contribution is 2.61. The summed E-state index contributed by atoms with van der Waals surface area (Å²) in [6.07, 6.45) is -0.938. The van der Waals surface area contributed by atoms with Crippen LogP contribution in [0, 0.1) is 0 Å². The van der Waals surface area contributed by atoms with Crippen molar-refractivity contribution in [2.75, 3.05) is 18.9 Å². The summed E-state index contributed by atoms with van der Waals surface area (Å²) in [5.74, 6) is 0.288. The standard InChI is InChI=1S/C21H24N8O10P2S3/c22-17-12-18(25-7-24-17)29(8-26-12)20-14(32)15-10(44-20)6-36-41(34,43)39-16-13(31)9(5-35-40(33,42)38-15)37-19(16)28-3-1-11(30)27-4-2-23-21(27)28/h1-4,7-10,13-16,19-20,31-32H,5-6H2,(H,33,42)(H,34,43)(H2,22,24,25)/t9-,10-,13-,14-,15-,16-,19-,20-,40-,41+/m1/s1. The first-order valence-corrected chi connectivity index (χ1v) is 19.2. The van der Waals surface area contributed by atoms with Gasteiger partial charge in [0.05, 0.1) is 24.8 Å². The zero-order valence-electron chi connectivity index (χ0n) is 22.1. The summed E-state index contributed by atoms with van der Waals surface area (Å²) in [5.41, 5.74) is 6.19. The SMILES string of the molecule is Nc1ncnc2c1ncn2[C@@H]1S[C@@H]2CO[P@](=O)(S)O[C@@H]3[C@H](O)[C@@H](CO[P@@](=O)(S)O[C@H]2[C@H]1O)O[C@H]3n1ccc(=O)n2ccnc12. The molecule has 0 aromatic carbocycles. The molecule has 3 saturated heterocycles. The first-order valence-electron chi connectivity index (χ1n) is 12.9. The molecular weight excluding hydrogens is 682 g/mol. The Hall–Kier alpha value is -2.00. The quantitative estimate of drug-likeness (QED) is 0.145. The molecule has 0 unspecified atom stereocenters. The van der Waals surface area contributed by atoms with Crippen LogP contribution in [-0.4, -0.2) is 92.7 Å². The third-order valence-electron chi connectivity index (χ3n) is 7.34. The van der Waals surface area contributed by atoms with Gasteiger partial charge in [0.1, 0.15) is 47.7 Å². The highest BCUT2D eigenvalue weighted by atomic mass is 32.7. The van der Waals surface area contributed by atoms with Crippen molar-refractivity contribution >= 4 is 72.6 Å². The largest absolute Gasteiger partial charge is 0.387 e. The van der Waals surface area contributed by atoms with Gasteiger partial charge in [-0.15, -0.1) is 11.8 Å². The molecule has 10 atom stereocenters.